The van der Waals surface area contributed by atoms with E-state index in [1.165, 1.54) is 7.11 Å². The van der Waals surface area contributed by atoms with Crippen molar-refractivity contribution in [1.82, 2.24) is 5.32 Å². The van der Waals surface area contributed by atoms with Crippen LogP contribution in [-0.2, 0) is 14.3 Å². The van der Waals surface area contributed by atoms with Crippen molar-refractivity contribution in [2.24, 2.45) is 0 Å². The molecule has 29 heavy (non-hydrogen) atoms. The van der Waals surface area contributed by atoms with Crippen LogP contribution >= 0.6 is 15.9 Å². The fraction of sp³-hybridized carbons (Fsp3) is 0.273. The lowest BCUT2D eigenvalue weighted by Crippen LogP contribution is -2.31. The number of ether oxygens (including phenoxy) is 3. The number of allylic oxidation sites excluding steroid dienone is 1. The zero-order valence-corrected chi connectivity index (χ0v) is 18.2. The van der Waals surface area contributed by atoms with Crippen molar-refractivity contribution < 1.29 is 23.8 Å². The predicted octanol–water partition coefficient (Wildman–Crippen LogP) is 4.29. The maximum absolute atomic E-state index is 12.0. The van der Waals surface area contributed by atoms with E-state index in [1.54, 1.807) is 12.1 Å². The Morgan fingerprint density at radius 1 is 1.10 bits per heavy atom. The lowest BCUT2D eigenvalue weighted by atomic mass is 10.1. The van der Waals surface area contributed by atoms with Crippen LogP contribution < -0.4 is 14.8 Å². The van der Waals surface area contributed by atoms with E-state index in [4.69, 9.17) is 14.2 Å². The highest BCUT2D eigenvalue weighted by Gasteiger charge is 2.13. The zero-order chi connectivity index (χ0) is 21.2. The number of benzene rings is 2. The van der Waals surface area contributed by atoms with Gasteiger partial charge in [0.15, 0.2) is 24.7 Å². The average Bonchev–Trinajstić information content (AvgIpc) is 2.71. The monoisotopic (exact) mass is 461 g/mol. The van der Waals surface area contributed by atoms with Crippen molar-refractivity contribution in [3.8, 4) is 11.5 Å². The van der Waals surface area contributed by atoms with Crippen molar-refractivity contribution >= 4 is 33.9 Å². The predicted molar refractivity (Wildman–Crippen MR) is 115 cm³/mol. The molecule has 0 saturated heterocycles. The van der Waals surface area contributed by atoms with Gasteiger partial charge in [-0.3, -0.25) is 4.79 Å². The lowest BCUT2D eigenvalue weighted by molar-refractivity contribution is -0.150. The second-order valence-electron chi connectivity index (χ2n) is 6.20. The summed E-state index contributed by atoms with van der Waals surface area (Å²) >= 11 is 3.37. The molecule has 2 aromatic rings. The molecule has 1 N–H and O–H groups in total. The van der Waals surface area contributed by atoms with Gasteiger partial charge in [0, 0.05) is 4.47 Å². The SMILES string of the molecule is C/C=C/c1ccc(OCC(=O)OCC(=O)NC(C)c2ccc(Br)cc2)c(OC)c1. The molecule has 0 aliphatic rings. The number of rotatable bonds is 9. The molecule has 0 saturated carbocycles. The van der Waals surface area contributed by atoms with Gasteiger partial charge in [0.1, 0.15) is 0 Å². The first-order valence-corrected chi connectivity index (χ1v) is 9.86. The topological polar surface area (TPSA) is 73.9 Å². The van der Waals surface area contributed by atoms with Gasteiger partial charge < -0.3 is 19.5 Å². The number of carbonyl (C=O) groups excluding carboxylic acids is 2. The summed E-state index contributed by atoms with van der Waals surface area (Å²) < 4.78 is 16.7. The van der Waals surface area contributed by atoms with Crippen molar-refractivity contribution in [1.29, 1.82) is 0 Å². The Bertz CT molecular complexity index is 864. The molecular formula is C22H24BrNO5. The third kappa shape index (κ3) is 7.27. The maximum Gasteiger partial charge on any atom is 0.344 e. The van der Waals surface area contributed by atoms with E-state index >= 15 is 0 Å². The first-order chi connectivity index (χ1) is 13.9. The molecule has 0 spiro atoms. The van der Waals surface area contributed by atoms with Gasteiger partial charge in [-0.1, -0.05) is 46.3 Å². The van der Waals surface area contributed by atoms with E-state index in [-0.39, 0.29) is 25.2 Å². The second-order valence-corrected chi connectivity index (χ2v) is 7.12. The molecule has 154 valence electrons. The summed E-state index contributed by atoms with van der Waals surface area (Å²) in [6.45, 7) is 3.08. The number of hydrogen-bond donors (Lipinski definition) is 1. The Hall–Kier alpha value is -2.80. The van der Waals surface area contributed by atoms with Crippen LogP contribution in [0.15, 0.2) is 53.0 Å². The van der Waals surface area contributed by atoms with Gasteiger partial charge in [0.25, 0.3) is 5.91 Å². The van der Waals surface area contributed by atoms with Crippen LogP contribution in [0.3, 0.4) is 0 Å². The first kappa shape index (κ1) is 22.5. The van der Waals surface area contributed by atoms with E-state index in [9.17, 15) is 9.59 Å². The van der Waals surface area contributed by atoms with Crippen LogP contribution in [0.25, 0.3) is 6.08 Å². The van der Waals surface area contributed by atoms with Crippen molar-refractivity contribution in [3.05, 3.63) is 64.1 Å². The van der Waals surface area contributed by atoms with Crippen LogP contribution in [0.2, 0.25) is 0 Å². The Labute approximate surface area is 179 Å². The number of hydrogen-bond acceptors (Lipinski definition) is 5. The van der Waals surface area contributed by atoms with E-state index in [2.05, 4.69) is 21.2 Å². The molecule has 1 atom stereocenters. The molecule has 0 aromatic heterocycles. The largest absolute Gasteiger partial charge is 0.493 e. The summed E-state index contributed by atoms with van der Waals surface area (Å²) in [4.78, 5) is 23.9. The molecule has 7 heteroatoms. The third-order valence-corrected chi connectivity index (χ3v) is 4.53. The lowest BCUT2D eigenvalue weighted by Gasteiger charge is -2.15. The van der Waals surface area contributed by atoms with Crippen LogP contribution in [-0.4, -0.2) is 32.2 Å². The van der Waals surface area contributed by atoms with E-state index in [0.717, 1.165) is 15.6 Å². The molecule has 0 aliphatic heterocycles. The highest BCUT2D eigenvalue weighted by Crippen LogP contribution is 2.28. The second kappa shape index (κ2) is 11.3. The van der Waals surface area contributed by atoms with Gasteiger partial charge in [-0.05, 0) is 49.2 Å². The number of carbonyl (C=O) groups is 2. The smallest absolute Gasteiger partial charge is 0.344 e. The van der Waals surface area contributed by atoms with E-state index in [0.29, 0.717) is 11.5 Å². The molecule has 1 amide bonds. The minimum absolute atomic E-state index is 0.203. The quantitative estimate of drug-likeness (QED) is 0.563. The first-order valence-electron chi connectivity index (χ1n) is 9.07. The Kier molecular flexibility index (Phi) is 8.73. The van der Waals surface area contributed by atoms with Gasteiger partial charge >= 0.3 is 5.97 Å². The van der Waals surface area contributed by atoms with Gasteiger partial charge in [-0.25, -0.2) is 4.79 Å². The molecule has 2 aromatic carbocycles. The van der Waals surface area contributed by atoms with Gasteiger partial charge in [0.05, 0.1) is 13.2 Å². The Balaban J connectivity index is 1.79. The number of esters is 1. The van der Waals surface area contributed by atoms with Gasteiger partial charge in [-0.2, -0.15) is 0 Å². The fourth-order valence-electron chi connectivity index (χ4n) is 2.54. The summed E-state index contributed by atoms with van der Waals surface area (Å²) in [5, 5.41) is 2.78. The van der Waals surface area contributed by atoms with Crippen molar-refractivity contribution in [2.45, 2.75) is 19.9 Å². The van der Waals surface area contributed by atoms with Gasteiger partial charge in [-0.15, -0.1) is 0 Å². The summed E-state index contributed by atoms with van der Waals surface area (Å²) in [7, 11) is 1.52. The van der Waals surface area contributed by atoms with Crippen molar-refractivity contribution in [2.75, 3.05) is 20.3 Å². The number of nitrogens with one attached hydrogen (secondary N) is 1. The number of halogens is 1. The van der Waals surface area contributed by atoms with Crippen LogP contribution in [0.5, 0.6) is 11.5 Å². The van der Waals surface area contributed by atoms with E-state index < -0.39 is 5.97 Å². The Morgan fingerprint density at radius 3 is 2.48 bits per heavy atom. The van der Waals surface area contributed by atoms with Crippen LogP contribution in [0.4, 0.5) is 0 Å². The van der Waals surface area contributed by atoms with Crippen molar-refractivity contribution in [3.63, 3.8) is 0 Å². The highest BCUT2D eigenvalue weighted by molar-refractivity contribution is 9.10. The van der Waals surface area contributed by atoms with Gasteiger partial charge in [0.2, 0.25) is 0 Å². The Morgan fingerprint density at radius 2 is 1.83 bits per heavy atom. The highest BCUT2D eigenvalue weighted by atomic mass is 79.9. The summed E-state index contributed by atoms with van der Waals surface area (Å²) in [5.41, 5.74) is 1.90. The maximum atomic E-state index is 12.0. The molecule has 2 rings (SSSR count). The molecule has 1 unspecified atom stereocenters. The standard InChI is InChI=1S/C22H24BrNO5/c1-4-5-16-6-11-19(20(12-16)27-3)28-14-22(26)29-13-21(25)24-15(2)17-7-9-18(23)10-8-17/h4-12,15H,13-14H2,1-3H3,(H,24,25)/b5-4+. The third-order valence-electron chi connectivity index (χ3n) is 4.00. The van der Waals surface area contributed by atoms with Crippen LogP contribution in [0.1, 0.15) is 31.0 Å². The number of methoxy groups -OCH3 is 1. The molecule has 0 fully saturated rings. The molecule has 0 bridgehead atoms. The summed E-state index contributed by atoms with van der Waals surface area (Å²) in [6, 6.07) is 12.8. The number of amides is 1. The fourth-order valence-corrected chi connectivity index (χ4v) is 2.81. The molecule has 6 nitrogen and oxygen atoms in total. The van der Waals surface area contributed by atoms with Crippen LogP contribution in [0, 0.1) is 0 Å². The zero-order valence-electron chi connectivity index (χ0n) is 16.6. The molecular weight excluding hydrogens is 438 g/mol. The minimum atomic E-state index is -0.643. The summed E-state index contributed by atoms with van der Waals surface area (Å²) in [5.74, 6) is -0.0986. The summed E-state index contributed by atoms with van der Waals surface area (Å²) in [6.07, 6.45) is 3.84. The molecule has 0 heterocycles. The minimum Gasteiger partial charge on any atom is -0.493 e. The molecule has 0 radical (unpaired) electrons. The molecule has 0 aliphatic carbocycles. The van der Waals surface area contributed by atoms with E-state index in [1.807, 2.05) is 56.3 Å². The normalized spacial score (nSPS) is 11.7. The average molecular weight is 462 g/mol.